The SMILES string of the molecule is Cc1c(C(=O)N[C@H](C)c2ccc3c(c2)OCO3)oc2ccc(F)cc12. The molecule has 1 aliphatic heterocycles. The van der Waals surface area contributed by atoms with Crippen molar-refractivity contribution >= 4 is 16.9 Å². The van der Waals surface area contributed by atoms with Crippen LogP contribution in [0.1, 0.15) is 34.6 Å². The number of aryl methyl sites for hydroxylation is 1. The van der Waals surface area contributed by atoms with E-state index in [9.17, 15) is 9.18 Å². The molecule has 3 aromatic rings. The molecule has 0 spiro atoms. The second kappa shape index (κ2) is 5.81. The van der Waals surface area contributed by atoms with Gasteiger partial charge in [0.2, 0.25) is 6.79 Å². The highest BCUT2D eigenvalue weighted by molar-refractivity contribution is 5.99. The van der Waals surface area contributed by atoms with Crippen LogP contribution in [-0.4, -0.2) is 12.7 Å². The molecular weight excluding hydrogens is 325 g/mol. The number of nitrogens with one attached hydrogen (secondary N) is 1. The second-order valence-corrected chi connectivity index (χ2v) is 6.00. The molecule has 2 aromatic carbocycles. The third-order valence-electron chi connectivity index (χ3n) is 4.35. The summed E-state index contributed by atoms with van der Waals surface area (Å²) < 4.78 is 29.7. The highest BCUT2D eigenvalue weighted by atomic mass is 19.1. The molecule has 1 atom stereocenters. The third kappa shape index (κ3) is 2.69. The Morgan fingerprint density at radius 3 is 2.80 bits per heavy atom. The molecule has 1 amide bonds. The second-order valence-electron chi connectivity index (χ2n) is 6.00. The summed E-state index contributed by atoms with van der Waals surface area (Å²) in [7, 11) is 0. The van der Waals surface area contributed by atoms with Crippen molar-refractivity contribution < 1.29 is 23.1 Å². The Labute approximate surface area is 143 Å². The molecule has 128 valence electrons. The number of carbonyl (C=O) groups is 1. The maximum atomic E-state index is 13.4. The third-order valence-corrected chi connectivity index (χ3v) is 4.35. The fourth-order valence-electron chi connectivity index (χ4n) is 2.94. The predicted molar refractivity (Wildman–Crippen MR) is 89.4 cm³/mol. The Hall–Kier alpha value is -3.02. The molecule has 4 rings (SSSR count). The number of hydrogen-bond acceptors (Lipinski definition) is 4. The van der Waals surface area contributed by atoms with Gasteiger partial charge >= 0.3 is 0 Å². The van der Waals surface area contributed by atoms with Crippen LogP contribution in [0.25, 0.3) is 11.0 Å². The molecule has 0 saturated heterocycles. The highest BCUT2D eigenvalue weighted by Gasteiger charge is 2.21. The maximum absolute atomic E-state index is 13.4. The first-order valence-corrected chi connectivity index (χ1v) is 7.92. The van der Waals surface area contributed by atoms with Crippen LogP contribution in [0.3, 0.4) is 0 Å². The molecule has 0 aliphatic carbocycles. The summed E-state index contributed by atoms with van der Waals surface area (Å²) in [5.74, 6) is 0.830. The lowest BCUT2D eigenvalue weighted by Crippen LogP contribution is -2.26. The number of carbonyl (C=O) groups excluding carboxylic acids is 1. The van der Waals surface area contributed by atoms with Gasteiger partial charge in [0.05, 0.1) is 6.04 Å². The first-order chi connectivity index (χ1) is 12.0. The molecule has 2 heterocycles. The van der Waals surface area contributed by atoms with Gasteiger partial charge in [0, 0.05) is 10.9 Å². The summed E-state index contributed by atoms with van der Waals surface area (Å²) in [6.45, 7) is 3.81. The van der Waals surface area contributed by atoms with E-state index < -0.39 is 0 Å². The molecule has 1 aliphatic rings. The summed E-state index contributed by atoms with van der Waals surface area (Å²) in [5.41, 5.74) is 1.99. The summed E-state index contributed by atoms with van der Waals surface area (Å²) in [6, 6.07) is 9.47. The van der Waals surface area contributed by atoms with Crippen LogP contribution >= 0.6 is 0 Å². The van der Waals surface area contributed by atoms with Crippen molar-refractivity contribution in [3.63, 3.8) is 0 Å². The highest BCUT2D eigenvalue weighted by Crippen LogP contribution is 2.34. The molecule has 1 N–H and O–H groups in total. The van der Waals surface area contributed by atoms with Gasteiger partial charge in [0.15, 0.2) is 17.3 Å². The van der Waals surface area contributed by atoms with Crippen LogP contribution in [-0.2, 0) is 0 Å². The minimum atomic E-state index is -0.364. The van der Waals surface area contributed by atoms with Gasteiger partial charge in [-0.1, -0.05) is 6.07 Å². The summed E-state index contributed by atoms with van der Waals surface area (Å²) >= 11 is 0. The molecule has 0 unspecified atom stereocenters. The standard InChI is InChI=1S/C19H16FNO4/c1-10-14-8-13(20)4-6-15(14)25-18(10)19(22)21-11(2)12-3-5-16-17(7-12)24-9-23-16/h3-8,11H,9H2,1-2H3,(H,21,22)/t11-/m1/s1. The maximum Gasteiger partial charge on any atom is 0.287 e. The Balaban J connectivity index is 1.58. The summed E-state index contributed by atoms with van der Waals surface area (Å²) in [6.07, 6.45) is 0. The van der Waals surface area contributed by atoms with Gasteiger partial charge in [-0.25, -0.2) is 4.39 Å². The molecule has 0 bridgehead atoms. The number of amides is 1. The van der Waals surface area contributed by atoms with Crippen molar-refractivity contribution in [2.75, 3.05) is 6.79 Å². The van der Waals surface area contributed by atoms with Crippen molar-refractivity contribution in [3.8, 4) is 11.5 Å². The van der Waals surface area contributed by atoms with Crippen LogP contribution in [0.15, 0.2) is 40.8 Å². The van der Waals surface area contributed by atoms with Gasteiger partial charge in [-0.05, 0) is 49.7 Å². The summed E-state index contributed by atoms with van der Waals surface area (Å²) in [4.78, 5) is 12.6. The Morgan fingerprint density at radius 2 is 1.96 bits per heavy atom. The molecular formula is C19H16FNO4. The molecule has 6 heteroatoms. The number of benzene rings is 2. The van der Waals surface area contributed by atoms with E-state index in [4.69, 9.17) is 13.9 Å². The fraction of sp³-hybridized carbons (Fsp3) is 0.211. The summed E-state index contributed by atoms with van der Waals surface area (Å²) in [5, 5.41) is 3.50. The first kappa shape index (κ1) is 15.5. The van der Waals surface area contributed by atoms with E-state index in [2.05, 4.69) is 5.32 Å². The van der Waals surface area contributed by atoms with Crippen LogP contribution in [0.4, 0.5) is 4.39 Å². The predicted octanol–water partition coefficient (Wildman–Crippen LogP) is 4.10. The van der Waals surface area contributed by atoms with Crippen molar-refractivity contribution in [1.29, 1.82) is 0 Å². The molecule has 0 radical (unpaired) electrons. The molecule has 5 nitrogen and oxygen atoms in total. The zero-order valence-corrected chi connectivity index (χ0v) is 13.8. The van der Waals surface area contributed by atoms with Gasteiger partial charge < -0.3 is 19.2 Å². The average molecular weight is 341 g/mol. The van der Waals surface area contributed by atoms with E-state index in [-0.39, 0.29) is 30.3 Å². The number of halogens is 1. The van der Waals surface area contributed by atoms with Gasteiger partial charge in [-0.15, -0.1) is 0 Å². The van der Waals surface area contributed by atoms with E-state index in [0.29, 0.717) is 28.0 Å². The lowest BCUT2D eigenvalue weighted by atomic mass is 10.1. The van der Waals surface area contributed by atoms with Crippen molar-refractivity contribution in [1.82, 2.24) is 5.32 Å². The monoisotopic (exact) mass is 341 g/mol. The fourth-order valence-corrected chi connectivity index (χ4v) is 2.94. The first-order valence-electron chi connectivity index (χ1n) is 7.92. The van der Waals surface area contributed by atoms with Crippen molar-refractivity contribution in [2.45, 2.75) is 19.9 Å². The molecule has 0 fully saturated rings. The number of hydrogen-bond donors (Lipinski definition) is 1. The van der Waals surface area contributed by atoms with E-state index >= 15 is 0 Å². The van der Waals surface area contributed by atoms with E-state index in [0.717, 1.165) is 5.56 Å². The molecule has 0 saturated carbocycles. The van der Waals surface area contributed by atoms with Crippen LogP contribution in [0.5, 0.6) is 11.5 Å². The smallest absolute Gasteiger partial charge is 0.287 e. The quantitative estimate of drug-likeness (QED) is 0.779. The lowest BCUT2D eigenvalue weighted by molar-refractivity contribution is 0.0913. The van der Waals surface area contributed by atoms with Crippen LogP contribution in [0.2, 0.25) is 0 Å². The average Bonchev–Trinajstić information content (AvgIpc) is 3.19. The van der Waals surface area contributed by atoms with Crippen molar-refractivity contribution in [3.05, 3.63) is 59.1 Å². The number of fused-ring (bicyclic) bond motifs is 2. The van der Waals surface area contributed by atoms with E-state index in [1.807, 2.05) is 25.1 Å². The zero-order chi connectivity index (χ0) is 17.6. The van der Waals surface area contributed by atoms with Gasteiger partial charge in [-0.2, -0.15) is 0 Å². The lowest BCUT2D eigenvalue weighted by Gasteiger charge is -2.14. The Bertz CT molecular complexity index is 979. The largest absolute Gasteiger partial charge is 0.454 e. The van der Waals surface area contributed by atoms with Crippen LogP contribution in [0, 0.1) is 12.7 Å². The zero-order valence-electron chi connectivity index (χ0n) is 13.8. The Morgan fingerprint density at radius 1 is 1.16 bits per heavy atom. The normalized spacial score (nSPS) is 13.9. The molecule has 1 aromatic heterocycles. The molecule has 25 heavy (non-hydrogen) atoms. The number of ether oxygens (including phenoxy) is 2. The van der Waals surface area contributed by atoms with Gasteiger partial charge in [0.1, 0.15) is 11.4 Å². The van der Waals surface area contributed by atoms with Gasteiger partial charge in [-0.3, -0.25) is 4.79 Å². The number of rotatable bonds is 3. The van der Waals surface area contributed by atoms with Crippen LogP contribution < -0.4 is 14.8 Å². The van der Waals surface area contributed by atoms with Crippen molar-refractivity contribution in [2.24, 2.45) is 0 Å². The topological polar surface area (TPSA) is 60.7 Å². The van der Waals surface area contributed by atoms with E-state index in [1.54, 1.807) is 6.92 Å². The number of furan rings is 1. The Kier molecular flexibility index (Phi) is 3.60. The minimum absolute atomic E-state index is 0.188. The van der Waals surface area contributed by atoms with E-state index in [1.165, 1.54) is 18.2 Å². The minimum Gasteiger partial charge on any atom is -0.454 e. The van der Waals surface area contributed by atoms with Gasteiger partial charge in [0.25, 0.3) is 5.91 Å².